The van der Waals surface area contributed by atoms with Crippen molar-refractivity contribution >= 4 is 5.69 Å². The van der Waals surface area contributed by atoms with Crippen molar-refractivity contribution in [3.8, 4) is 0 Å². The molecule has 2 heteroatoms. The van der Waals surface area contributed by atoms with Gasteiger partial charge in [0.15, 0.2) is 0 Å². The van der Waals surface area contributed by atoms with E-state index in [2.05, 4.69) is 62.2 Å². The van der Waals surface area contributed by atoms with Crippen LogP contribution in [0.25, 0.3) is 0 Å². The number of rotatable bonds is 5. The summed E-state index contributed by atoms with van der Waals surface area (Å²) in [7, 11) is 0. The number of anilines is 1. The van der Waals surface area contributed by atoms with Crippen LogP contribution in [0.15, 0.2) is 29.8 Å². The Morgan fingerprint density at radius 1 is 1.29 bits per heavy atom. The van der Waals surface area contributed by atoms with Crippen LogP contribution >= 0.6 is 0 Å². The van der Waals surface area contributed by atoms with Gasteiger partial charge in [0.1, 0.15) is 0 Å². The Kier molecular flexibility index (Phi) is 5.86. The van der Waals surface area contributed by atoms with Crippen LogP contribution < -0.4 is 5.32 Å². The first kappa shape index (κ1) is 16.1. The number of likely N-dealkylation sites (tertiary alicyclic amines) is 1. The molecule has 1 aromatic rings. The lowest BCUT2D eigenvalue weighted by molar-refractivity contribution is 0.240. The third-order valence-electron chi connectivity index (χ3n) is 4.43. The largest absolute Gasteiger partial charge is 0.382 e. The van der Waals surface area contributed by atoms with Crippen LogP contribution in [0.3, 0.4) is 0 Å². The quantitative estimate of drug-likeness (QED) is 0.807. The molecule has 116 valence electrons. The van der Waals surface area contributed by atoms with Crippen LogP contribution in [-0.2, 0) is 6.42 Å². The maximum Gasteiger partial charge on any atom is 0.0404 e. The molecule has 2 rings (SSSR count). The molecule has 0 bridgehead atoms. The first-order valence-electron chi connectivity index (χ1n) is 8.31. The maximum absolute atomic E-state index is 3.81. The first-order chi connectivity index (χ1) is 10.1. The molecule has 0 aliphatic carbocycles. The van der Waals surface area contributed by atoms with Crippen molar-refractivity contribution in [3.63, 3.8) is 0 Å². The van der Waals surface area contributed by atoms with Crippen molar-refractivity contribution in [2.45, 2.75) is 53.0 Å². The van der Waals surface area contributed by atoms with Crippen molar-refractivity contribution < 1.29 is 0 Å². The highest BCUT2D eigenvalue weighted by molar-refractivity contribution is 5.57. The van der Waals surface area contributed by atoms with E-state index in [1.807, 2.05) is 0 Å². The third kappa shape index (κ3) is 4.60. The molecule has 2 nitrogen and oxygen atoms in total. The summed E-state index contributed by atoms with van der Waals surface area (Å²) in [6.45, 7) is 12.3. The Hall–Kier alpha value is -1.28. The first-order valence-corrected chi connectivity index (χ1v) is 8.31. The van der Waals surface area contributed by atoms with E-state index in [9.17, 15) is 0 Å². The number of piperidine rings is 1. The average molecular weight is 286 g/mol. The number of para-hydroxylation sites is 1. The molecule has 0 amide bonds. The molecule has 0 atom stereocenters. The molecule has 1 aromatic carbocycles. The van der Waals surface area contributed by atoms with Crippen LogP contribution in [0.2, 0.25) is 0 Å². The predicted octanol–water partition coefficient (Wildman–Crippen LogP) is 4.40. The average Bonchev–Trinajstić information content (AvgIpc) is 2.48. The highest BCUT2D eigenvalue weighted by atomic mass is 15.1. The molecule has 1 heterocycles. The lowest BCUT2D eigenvalue weighted by Crippen LogP contribution is -2.39. The number of benzene rings is 1. The second kappa shape index (κ2) is 7.65. The highest BCUT2D eigenvalue weighted by Crippen LogP contribution is 2.24. The van der Waals surface area contributed by atoms with Gasteiger partial charge >= 0.3 is 0 Å². The molecule has 0 radical (unpaired) electrons. The van der Waals surface area contributed by atoms with Gasteiger partial charge in [0, 0.05) is 31.4 Å². The Bertz CT molecular complexity index is 478. The molecular weight excluding hydrogens is 256 g/mol. The van der Waals surface area contributed by atoms with Crippen molar-refractivity contribution in [3.05, 3.63) is 41.0 Å². The zero-order valence-corrected chi connectivity index (χ0v) is 14.1. The lowest BCUT2D eigenvalue weighted by Gasteiger charge is -2.33. The number of hydrogen-bond donors (Lipinski definition) is 1. The van der Waals surface area contributed by atoms with Gasteiger partial charge in [0.2, 0.25) is 0 Å². The second-order valence-corrected chi connectivity index (χ2v) is 6.46. The van der Waals surface area contributed by atoms with E-state index in [0.29, 0.717) is 6.04 Å². The monoisotopic (exact) mass is 286 g/mol. The van der Waals surface area contributed by atoms with Crippen molar-refractivity contribution in [2.75, 3.05) is 25.0 Å². The smallest absolute Gasteiger partial charge is 0.0404 e. The molecular formula is C19H30N2. The van der Waals surface area contributed by atoms with E-state index in [-0.39, 0.29) is 0 Å². The van der Waals surface area contributed by atoms with Gasteiger partial charge in [-0.05, 0) is 51.2 Å². The summed E-state index contributed by atoms with van der Waals surface area (Å²) in [5.74, 6) is 0. The molecule has 1 aliphatic heterocycles. The van der Waals surface area contributed by atoms with Gasteiger partial charge in [-0.15, -0.1) is 0 Å². The van der Waals surface area contributed by atoms with E-state index < -0.39 is 0 Å². The SMILES string of the molecule is CCc1cccc(C)c1NC1CCN(CC=C(C)C)CC1. The van der Waals surface area contributed by atoms with Gasteiger partial charge < -0.3 is 5.32 Å². The summed E-state index contributed by atoms with van der Waals surface area (Å²) in [4.78, 5) is 2.56. The number of nitrogens with one attached hydrogen (secondary N) is 1. The van der Waals surface area contributed by atoms with Crippen molar-refractivity contribution in [1.29, 1.82) is 0 Å². The Morgan fingerprint density at radius 3 is 2.62 bits per heavy atom. The number of allylic oxidation sites excluding steroid dienone is 1. The number of aryl methyl sites for hydroxylation is 2. The minimum atomic E-state index is 0.624. The molecule has 1 saturated heterocycles. The van der Waals surface area contributed by atoms with Crippen LogP contribution in [0.5, 0.6) is 0 Å². The zero-order valence-electron chi connectivity index (χ0n) is 14.1. The van der Waals surface area contributed by atoms with Gasteiger partial charge in [0.05, 0.1) is 0 Å². The zero-order chi connectivity index (χ0) is 15.2. The van der Waals surface area contributed by atoms with Crippen molar-refractivity contribution in [2.24, 2.45) is 0 Å². The highest BCUT2D eigenvalue weighted by Gasteiger charge is 2.19. The fourth-order valence-electron chi connectivity index (χ4n) is 3.01. The van der Waals surface area contributed by atoms with E-state index >= 15 is 0 Å². The molecule has 0 aromatic heterocycles. The van der Waals surface area contributed by atoms with Crippen LogP contribution in [-0.4, -0.2) is 30.6 Å². The number of hydrogen-bond acceptors (Lipinski definition) is 2. The second-order valence-electron chi connectivity index (χ2n) is 6.46. The van der Waals surface area contributed by atoms with Crippen LogP contribution in [0.4, 0.5) is 5.69 Å². The summed E-state index contributed by atoms with van der Waals surface area (Å²) in [6, 6.07) is 7.26. The van der Waals surface area contributed by atoms with Gasteiger partial charge in [-0.2, -0.15) is 0 Å². The van der Waals surface area contributed by atoms with Gasteiger partial charge in [-0.25, -0.2) is 0 Å². The molecule has 21 heavy (non-hydrogen) atoms. The summed E-state index contributed by atoms with van der Waals surface area (Å²) in [5.41, 5.74) is 5.62. The Labute approximate surface area is 130 Å². The van der Waals surface area contributed by atoms with Gasteiger partial charge in [-0.1, -0.05) is 36.8 Å². The Morgan fingerprint density at radius 2 is 2.00 bits per heavy atom. The summed E-state index contributed by atoms with van der Waals surface area (Å²) in [5, 5.41) is 3.81. The summed E-state index contributed by atoms with van der Waals surface area (Å²) in [6.07, 6.45) is 5.93. The lowest BCUT2D eigenvalue weighted by atomic mass is 10.0. The van der Waals surface area contributed by atoms with Crippen molar-refractivity contribution in [1.82, 2.24) is 4.90 Å². The third-order valence-corrected chi connectivity index (χ3v) is 4.43. The maximum atomic E-state index is 3.81. The minimum Gasteiger partial charge on any atom is -0.382 e. The number of nitrogens with zero attached hydrogens (tertiary/aromatic N) is 1. The van der Waals surface area contributed by atoms with Gasteiger partial charge in [-0.3, -0.25) is 4.90 Å². The van der Waals surface area contributed by atoms with Gasteiger partial charge in [0.25, 0.3) is 0 Å². The van der Waals surface area contributed by atoms with E-state index in [4.69, 9.17) is 0 Å². The fraction of sp³-hybridized carbons (Fsp3) is 0.579. The summed E-state index contributed by atoms with van der Waals surface area (Å²) < 4.78 is 0. The van der Waals surface area contributed by atoms with E-state index in [1.165, 1.54) is 48.3 Å². The molecule has 0 saturated carbocycles. The predicted molar refractivity (Wildman–Crippen MR) is 93.1 cm³/mol. The van der Waals surface area contributed by atoms with Crippen LogP contribution in [0.1, 0.15) is 44.7 Å². The summed E-state index contributed by atoms with van der Waals surface area (Å²) >= 11 is 0. The molecule has 1 N–H and O–H groups in total. The topological polar surface area (TPSA) is 15.3 Å². The Balaban J connectivity index is 1.91. The normalized spacial score (nSPS) is 16.8. The fourth-order valence-corrected chi connectivity index (χ4v) is 3.01. The molecule has 1 aliphatic rings. The van der Waals surface area contributed by atoms with E-state index in [1.54, 1.807) is 0 Å². The standard InChI is InChI=1S/C19H30N2/c1-5-17-8-6-7-16(4)19(17)20-18-10-13-21(14-11-18)12-9-15(2)3/h6-9,18,20H,5,10-14H2,1-4H3. The van der Waals surface area contributed by atoms with Crippen LogP contribution in [0, 0.1) is 6.92 Å². The molecule has 0 spiro atoms. The molecule has 0 unspecified atom stereocenters. The molecule has 1 fully saturated rings. The van der Waals surface area contributed by atoms with E-state index in [0.717, 1.165) is 13.0 Å². The minimum absolute atomic E-state index is 0.624.